The van der Waals surface area contributed by atoms with E-state index in [1.165, 1.54) is 18.4 Å². The molecular formula is C13H9ClINO3S. The van der Waals surface area contributed by atoms with E-state index in [2.05, 4.69) is 10.1 Å². The highest BCUT2D eigenvalue weighted by atomic mass is 127. The number of thiophene rings is 1. The number of esters is 1. The number of carbonyl (C=O) groups is 2. The summed E-state index contributed by atoms with van der Waals surface area (Å²) in [7, 11) is 1.30. The number of hydrogen-bond donors (Lipinski definition) is 1. The molecule has 1 heterocycles. The van der Waals surface area contributed by atoms with Crippen molar-refractivity contribution in [3.8, 4) is 0 Å². The zero-order chi connectivity index (χ0) is 14.7. The molecule has 0 aliphatic carbocycles. The molecule has 0 aliphatic heterocycles. The minimum atomic E-state index is -0.471. The average Bonchev–Trinajstić information content (AvgIpc) is 2.85. The molecule has 0 saturated heterocycles. The third-order valence-corrected chi connectivity index (χ3v) is 4.48. The van der Waals surface area contributed by atoms with E-state index in [1.54, 1.807) is 29.6 Å². The molecule has 0 spiro atoms. The number of hydrogen-bond acceptors (Lipinski definition) is 4. The van der Waals surface area contributed by atoms with Gasteiger partial charge in [-0.15, -0.1) is 11.3 Å². The molecule has 0 radical (unpaired) electrons. The van der Waals surface area contributed by atoms with Crippen molar-refractivity contribution >= 4 is 63.1 Å². The molecule has 1 aromatic heterocycles. The molecule has 2 aromatic rings. The highest BCUT2D eigenvalue weighted by Crippen LogP contribution is 2.25. The Labute approximate surface area is 138 Å². The summed E-state index contributed by atoms with van der Waals surface area (Å²) in [6.45, 7) is 0. The first-order chi connectivity index (χ1) is 9.52. The van der Waals surface area contributed by atoms with Crippen molar-refractivity contribution in [1.29, 1.82) is 0 Å². The Morgan fingerprint density at radius 1 is 1.35 bits per heavy atom. The third-order valence-electron chi connectivity index (χ3n) is 2.46. The fourth-order valence-electron chi connectivity index (χ4n) is 1.52. The van der Waals surface area contributed by atoms with Gasteiger partial charge in [-0.2, -0.15) is 0 Å². The summed E-state index contributed by atoms with van der Waals surface area (Å²) < 4.78 is 5.40. The van der Waals surface area contributed by atoms with E-state index in [-0.39, 0.29) is 5.91 Å². The van der Waals surface area contributed by atoms with Crippen molar-refractivity contribution in [1.82, 2.24) is 0 Å². The lowest BCUT2D eigenvalue weighted by Crippen LogP contribution is -2.15. The van der Waals surface area contributed by atoms with Gasteiger partial charge in [-0.05, 0) is 52.2 Å². The van der Waals surface area contributed by atoms with E-state index < -0.39 is 5.97 Å². The lowest BCUT2D eigenvalue weighted by molar-refractivity contribution is 0.0607. The second-order valence-electron chi connectivity index (χ2n) is 3.73. The van der Waals surface area contributed by atoms with Gasteiger partial charge in [0, 0.05) is 8.59 Å². The van der Waals surface area contributed by atoms with Gasteiger partial charge in [0.15, 0.2) is 0 Å². The molecule has 20 heavy (non-hydrogen) atoms. The van der Waals surface area contributed by atoms with Crippen molar-refractivity contribution in [2.24, 2.45) is 0 Å². The van der Waals surface area contributed by atoms with Gasteiger partial charge in [-0.25, -0.2) is 4.79 Å². The van der Waals surface area contributed by atoms with Crippen LogP contribution in [0.3, 0.4) is 0 Å². The number of benzene rings is 1. The van der Waals surface area contributed by atoms with E-state index in [1.807, 2.05) is 22.6 Å². The Morgan fingerprint density at radius 3 is 2.75 bits per heavy atom. The fraction of sp³-hybridized carbons (Fsp3) is 0.0769. The number of methoxy groups -OCH3 is 1. The number of anilines is 1. The van der Waals surface area contributed by atoms with Gasteiger partial charge in [0.1, 0.15) is 4.88 Å². The molecule has 1 aromatic carbocycles. The molecule has 104 valence electrons. The van der Waals surface area contributed by atoms with Gasteiger partial charge >= 0.3 is 5.97 Å². The van der Waals surface area contributed by atoms with Crippen molar-refractivity contribution < 1.29 is 14.3 Å². The topological polar surface area (TPSA) is 55.4 Å². The van der Waals surface area contributed by atoms with E-state index >= 15 is 0 Å². The van der Waals surface area contributed by atoms with E-state index in [9.17, 15) is 9.59 Å². The van der Waals surface area contributed by atoms with Crippen LogP contribution in [0.1, 0.15) is 20.0 Å². The maximum absolute atomic E-state index is 12.2. The van der Waals surface area contributed by atoms with Crippen LogP contribution in [-0.2, 0) is 4.74 Å². The molecule has 4 nitrogen and oxygen atoms in total. The Kier molecular flexibility index (Phi) is 5.00. The number of carbonyl (C=O) groups excluding carboxylic acids is 2. The maximum Gasteiger partial charge on any atom is 0.350 e. The smallest absolute Gasteiger partial charge is 0.350 e. The predicted octanol–water partition coefficient (Wildman–Crippen LogP) is 4.05. The van der Waals surface area contributed by atoms with Gasteiger partial charge in [0.25, 0.3) is 5.91 Å². The van der Waals surface area contributed by atoms with Crippen LogP contribution >= 0.6 is 45.5 Å². The van der Waals surface area contributed by atoms with Gasteiger partial charge in [-0.3, -0.25) is 4.79 Å². The molecule has 2 rings (SSSR count). The Hall–Kier alpha value is -1.12. The highest BCUT2D eigenvalue weighted by molar-refractivity contribution is 14.1. The standard InChI is InChI=1S/C13H9ClINO3S/c1-19-13(18)11-10(4-5-20-11)16-12(17)8-3-2-7(14)6-9(8)15/h2-6H,1H3,(H,16,17). The minimum Gasteiger partial charge on any atom is -0.465 e. The number of rotatable bonds is 3. The Bertz CT molecular complexity index is 671. The molecule has 0 unspecified atom stereocenters. The first-order valence-electron chi connectivity index (χ1n) is 5.45. The van der Waals surface area contributed by atoms with Crippen LogP contribution in [0.2, 0.25) is 5.02 Å². The normalized spacial score (nSPS) is 10.2. The lowest BCUT2D eigenvalue weighted by atomic mass is 10.2. The van der Waals surface area contributed by atoms with Gasteiger partial charge < -0.3 is 10.1 Å². The molecule has 0 atom stereocenters. The van der Waals surface area contributed by atoms with E-state index in [4.69, 9.17) is 11.6 Å². The van der Waals surface area contributed by atoms with Crippen molar-refractivity contribution in [2.45, 2.75) is 0 Å². The number of halogens is 2. The summed E-state index contributed by atoms with van der Waals surface area (Å²) in [6.07, 6.45) is 0. The first-order valence-corrected chi connectivity index (χ1v) is 7.78. The molecule has 0 bridgehead atoms. The highest BCUT2D eigenvalue weighted by Gasteiger charge is 2.17. The summed E-state index contributed by atoms with van der Waals surface area (Å²) in [5.74, 6) is -0.768. The number of nitrogens with one attached hydrogen (secondary N) is 1. The van der Waals surface area contributed by atoms with Crippen molar-refractivity contribution in [2.75, 3.05) is 12.4 Å². The molecule has 0 aliphatic rings. The molecule has 7 heteroatoms. The minimum absolute atomic E-state index is 0.297. The summed E-state index contributed by atoms with van der Waals surface area (Å²) in [5.41, 5.74) is 0.939. The summed E-state index contributed by atoms with van der Waals surface area (Å²) in [6, 6.07) is 6.65. The molecule has 1 N–H and O–H groups in total. The predicted molar refractivity (Wildman–Crippen MR) is 87.8 cm³/mol. The second-order valence-corrected chi connectivity index (χ2v) is 6.25. The Balaban J connectivity index is 2.24. The van der Waals surface area contributed by atoms with Crippen molar-refractivity contribution in [3.05, 3.63) is 48.7 Å². The van der Waals surface area contributed by atoms with Gasteiger partial charge in [0.2, 0.25) is 0 Å². The third kappa shape index (κ3) is 3.31. The lowest BCUT2D eigenvalue weighted by Gasteiger charge is -2.07. The fourth-order valence-corrected chi connectivity index (χ4v) is 3.40. The SMILES string of the molecule is COC(=O)c1sccc1NC(=O)c1ccc(Cl)cc1I. The molecular weight excluding hydrogens is 413 g/mol. The summed E-state index contributed by atoms with van der Waals surface area (Å²) in [4.78, 5) is 24.1. The monoisotopic (exact) mass is 421 g/mol. The van der Waals surface area contributed by atoms with Crippen LogP contribution in [0.25, 0.3) is 0 Å². The number of ether oxygens (including phenoxy) is 1. The van der Waals surface area contributed by atoms with Crippen LogP contribution in [0.4, 0.5) is 5.69 Å². The van der Waals surface area contributed by atoms with Crippen LogP contribution < -0.4 is 5.32 Å². The molecule has 0 fully saturated rings. The van der Waals surface area contributed by atoms with E-state index in [0.717, 1.165) is 3.57 Å². The van der Waals surface area contributed by atoms with Crippen LogP contribution in [-0.4, -0.2) is 19.0 Å². The van der Waals surface area contributed by atoms with Crippen LogP contribution in [0.15, 0.2) is 29.6 Å². The van der Waals surface area contributed by atoms with Gasteiger partial charge in [0.05, 0.1) is 18.4 Å². The zero-order valence-corrected chi connectivity index (χ0v) is 14.0. The molecule has 1 amide bonds. The Morgan fingerprint density at radius 2 is 2.10 bits per heavy atom. The maximum atomic E-state index is 12.2. The quantitative estimate of drug-likeness (QED) is 0.601. The summed E-state index contributed by atoms with van der Waals surface area (Å²) in [5, 5.41) is 4.99. The van der Waals surface area contributed by atoms with Crippen molar-refractivity contribution in [3.63, 3.8) is 0 Å². The largest absolute Gasteiger partial charge is 0.465 e. The summed E-state index contributed by atoms with van der Waals surface area (Å²) >= 11 is 9.11. The molecule has 0 saturated carbocycles. The first kappa shape index (κ1) is 15.3. The zero-order valence-electron chi connectivity index (χ0n) is 10.3. The van der Waals surface area contributed by atoms with Crippen LogP contribution in [0.5, 0.6) is 0 Å². The van der Waals surface area contributed by atoms with Crippen LogP contribution in [0, 0.1) is 3.57 Å². The second kappa shape index (κ2) is 6.55. The van der Waals surface area contributed by atoms with Gasteiger partial charge in [-0.1, -0.05) is 11.6 Å². The number of amides is 1. The van der Waals surface area contributed by atoms with E-state index in [0.29, 0.717) is 21.2 Å². The average molecular weight is 422 g/mol.